The molecule has 0 radical (unpaired) electrons. The number of rotatable bonds is 5. The Morgan fingerprint density at radius 1 is 1.08 bits per heavy atom. The van der Waals surface area contributed by atoms with E-state index in [-0.39, 0.29) is 5.56 Å². The highest BCUT2D eigenvalue weighted by molar-refractivity contribution is 8.00. The van der Waals surface area contributed by atoms with Gasteiger partial charge >= 0.3 is 5.97 Å². The van der Waals surface area contributed by atoms with Crippen molar-refractivity contribution >= 4 is 35.3 Å². The molecule has 0 aliphatic heterocycles. The van der Waals surface area contributed by atoms with E-state index in [1.54, 1.807) is 24.3 Å². The van der Waals surface area contributed by atoms with E-state index in [9.17, 15) is 4.79 Å². The van der Waals surface area contributed by atoms with Crippen LogP contribution in [-0.2, 0) is 0 Å². The maximum atomic E-state index is 11.1. The Kier molecular flexibility index (Phi) is 5.49. The van der Waals surface area contributed by atoms with E-state index in [1.807, 2.05) is 44.2 Å². The van der Waals surface area contributed by atoms with Gasteiger partial charge in [0.1, 0.15) is 5.82 Å². The van der Waals surface area contributed by atoms with Crippen LogP contribution >= 0.6 is 23.5 Å². The summed E-state index contributed by atoms with van der Waals surface area (Å²) in [7, 11) is 0. The predicted octanol–water partition coefficient (Wildman–Crippen LogP) is 5.84. The van der Waals surface area contributed by atoms with Gasteiger partial charge in [-0.25, -0.2) is 9.78 Å². The molecule has 6 heteroatoms. The molecule has 0 spiro atoms. The van der Waals surface area contributed by atoms with Crippen molar-refractivity contribution in [2.75, 3.05) is 4.72 Å². The lowest BCUT2D eigenvalue weighted by atomic mass is 10.00. The lowest BCUT2D eigenvalue weighted by molar-refractivity contribution is 0.0696. The molecule has 0 atom stereocenters. The van der Waals surface area contributed by atoms with Gasteiger partial charge in [-0.05, 0) is 61.2 Å². The second kappa shape index (κ2) is 7.81. The SMILES string of the molecule is Cc1cccc(C)c1-c1cc(Cl)cc(NSc2cccc(C(=O)O)c2)n1. The Balaban J connectivity index is 1.87. The number of aromatic nitrogens is 1. The predicted molar refractivity (Wildman–Crippen MR) is 107 cm³/mol. The van der Waals surface area contributed by atoms with Gasteiger partial charge in [0, 0.05) is 21.5 Å². The van der Waals surface area contributed by atoms with Crippen LogP contribution in [0, 0.1) is 13.8 Å². The van der Waals surface area contributed by atoms with Gasteiger partial charge in [0.15, 0.2) is 0 Å². The third kappa shape index (κ3) is 4.18. The van der Waals surface area contributed by atoms with Gasteiger partial charge < -0.3 is 9.83 Å². The van der Waals surface area contributed by atoms with E-state index in [2.05, 4.69) is 9.71 Å². The number of carbonyl (C=O) groups is 1. The summed E-state index contributed by atoms with van der Waals surface area (Å²) in [5, 5.41) is 9.67. The van der Waals surface area contributed by atoms with Gasteiger partial charge in [0.2, 0.25) is 0 Å². The summed E-state index contributed by atoms with van der Waals surface area (Å²) in [5.74, 6) is -0.341. The highest BCUT2D eigenvalue weighted by Gasteiger charge is 2.10. The molecule has 1 heterocycles. The summed E-state index contributed by atoms with van der Waals surface area (Å²) in [6, 6.07) is 16.4. The number of aromatic carboxylic acids is 1. The van der Waals surface area contributed by atoms with Crippen molar-refractivity contribution in [3.63, 3.8) is 0 Å². The highest BCUT2D eigenvalue weighted by atomic mass is 35.5. The molecule has 3 aromatic rings. The van der Waals surface area contributed by atoms with E-state index < -0.39 is 5.97 Å². The molecule has 26 heavy (non-hydrogen) atoms. The van der Waals surface area contributed by atoms with Crippen molar-refractivity contribution in [3.8, 4) is 11.3 Å². The maximum Gasteiger partial charge on any atom is 0.335 e. The zero-order valence-electron chi connectivity index (χ0n) is 14.3. The first kappa shape index (κ1) is 18.3. The molecule has 4 nitrogen and oxygen atoms in total. The number of anilines is 1. The van der Waals surface area contributed by atoms with E-state index in [0.29, 0.717) is 10.8 Å². The van der Waals surface area contributed by atoms with Crippen LogP contribution in [0.25, 0.3) is 11.3 Å². The molecule has 0 amide bonds. The molecule has 3 rings (SSSR count). The molecule has 0 fully saturated rings. The summed E-state index contributed by atoms with van der Waals surface area (Å²) < 4.78 is 3.15. The lowest BCUT2D eigenvalue weighted by Gasteiger charge is -2.12. The van der Waals surface area contributed by atoms with Gasteiger partial charge in [-0.2, -0.15) is 0 Å². The summed E-state index contributed by atoms with van der Waals surface area (Å²) in [5.41, 5.74) is 4.37. The molecular formula is C20H17ClN2O2S. The van der Waals surface area contributed by atoms with Crippen molar-refractivity contribution in [3.05, 3.63) is 76.3 Å². The zero-order chi connectivity index (χ0) is 18.7. The van der Waals surface area contributed by atoms with Crippen LogP contribution in [0.3, 0.4) is 0 Å². The number of pyridine rings is 1. The Bertz CT molecular complexity index is 956. The topological polar surface area (TPSA) is 62.2 Å². The first-order chi connectivity index (χ1) is 12.4. The molecule has 2 aromatic carbocycles. The van der Waals surface area contributed by atoms with Crippen molar-refractivity contribution in [1.29, 1.82) is 0 Å². The Morgan fingerprint density at radius 3 is 2.46 bits per heavy atom. The number of hydrogen-bond acceptors (Lipinski definition) is 4. The van der Waals surface area contributed by atoms with Gasteiger partial charge in [-0.1, -0.05) is 35.9 Å². The third-order valence-corrected chi connectivity index (χ3v) is 4.90. The largest absolute Gasteiger partial charge is 0.478 e. The average Bonchev–Trinajstić information content (AvgIpc) is 2.60. The van der Waals surface area contributed by atoms with Crippen molar-refractivity contribution < 1.29 is 9.90 Å². The number of carboxylic acids is 1. The van der Waals surface area contributed by atoms with Gasteiger partial charge in [0.05, 0.1) is 11.3 Å². The number of benzene rings is 2. The third-order valence-electron chi connectivity index (χ3n) is 3.88. The molecule has 132 valence electrons. The van der Waals surface area contributed by atoms with Crippen LogP contribution in [0.5, 0.6) is 0 Å². The van der Waals surface area contributed by atoms with E-state index >= 15 is 0 Å². The minimum Gasteiger partial charge on any atom is -0.478 e. The fourth-order valence-electron chi connectivity index (χ4n) is 2.70. The number of carboxylic acid groups (broad SMARTS) is 1. The lowest BCUT2D eigenvalue weighted by Crippen LogP contribution is -1.97. The van der Waals surface area contributed by atoms with Gasteiger partial charge in [-0.15, -0.1) is 0 Å². The molecule has 0 aliphatic rings. The van der Waals surface area contributed by atoms with Crippen molar-refractivity contribution in [2.24, 2.45) is 0 Å². The van der Waals surface area contributed by atoms with Crippen molar-refractivity contribution in [2.45, 2.75) is 18.7 Å². The maximum absolute atomic E-state index is 11.1. The first-order valence-electron chi connectivity index (χ1n) is 7.94. The van der Waals surface area contributed by atoms with E-state index in [1.165, 1.54) is 11.9 Å². The number of hydrogen-bond donors (Lipinski definition) is 2. The zero-order valence-corrected chi connectivity index (χ0v) is 15.9. The van der Waals surface area contributed by atoms with E-state index in [4.69, 9.17) is 16.7 Å². The summed E-state index contributed by atoms with van der Waals surface area (Å²) >= 11 is 7.58. The number of nitrogens with zero attached hydrogens (tertiary/aromatic N) is 1. The molecule has 0 aliphatic carbocycles. The Labute approximate surface area is 161 Å². The average molecular weight is 385 g/mol. The Morgan fingerprint density at radius 2 is 1.77 bits per heavy atom. The van der Waals surface area contributed by atoms with Crippen LogP contribution in [0.2, 0.25) is 5.02 Å². The second-order valence-electron chi connectivity index (χ2n) is 5.86. The monoisotopic (exact) mass is 384 g/mol. The first-order valence-corrected chi connectivity index (χ1v) is 9.14. The fraction of sp³-hybridized carbons (Fsp3) is 0.100. The summed E-state index contributed by atoms with van der Waals surface area (Å²) in [6.45, 7) is 4.09. The number of nitrogens with one attached hydrogen (secondary N) is 1. The minimum atomic E-state index is -0.953. The van der Waals surface area contributed by atoms with E-state index in [0.717, 1.165) is 27.3 Å². The molecule has 0 bridgehead atoms. The summed E-state index contributed by atoms with van der Waals surface area (Å²) in [4.78, 5) is 16.5. The Hall–Kier alpha value is -2.50. The van der Waals surface area contributed by atoms with Crippen LogP contribution in [0.4, 0.5) is 5.82 Å². The van der Waals surface area contributed by atoms with Crippen LogP contribution in [-0.4, -0.2) is 16.1 Å². The molecule has 1 aromatic heterocycles. The minimum absolute atomic E-state index is 0.243. The smallest absolute Gasteiger partial charge is 0.335 e. The standard InChI is InChI=1S/C20H17ClN2O2S/c1-12-5-3-6-13(2)19(12)17-10-15(21)11-18(22-17)23-26-16-8-4-7-14(9-16)20(24)25/h3-11H,1-2H3,(H,22,23)(H,24,25). The summed E-state index contributed by atoms with van der Waals surface area (Å²) in [6.07, 6.45) is 0. The van der Waals surface area contributed by atoms with Gasteiger partial charge in [-0.3, -0.25) is 0 Å². The molecule has 2 N–H and O–H groups in total. The normalized spacial score (nSPS) is 10.6. The number of halogens is 1. The highest BCUT2D eigenvalue weighted by Crippen LogP contribution is 2.30. The van der Waals surface area contributed by atoms with Crippen LogP contribution in [0.15, 0.2) is 59.5 Å². The van der Waals surface area contributed by atoms with Crippen LogP contribution in [0.1, 0.15) is 21.5 Å². The second-order valence-corrected chi connectivity index (χ2v) is 7.18. The van der Waals surface area contributed by atoms with Crippen molar-refractivity contribution in [1.82, 2.24) is 4.98 Å². The van der Waals surface area contributed by atoms with Gasteiger partial charge in [0.25, 0.3) is 0 Å². The fourth-order valence-corrected chi connectivity index (χ4v) is 3.57. The molecular weight excluding hydrogens is 368 g/mol. The van der Waals surface area contributed by atoms with Crippen LogP contribution < -0.4 is 4.72 Å². The molecule has 0 saturated heterocycles. The number of aryl methyl sites for hydroxylation is 2. The molecule has 0 unspecified atom stereocenters. The quantitative estimate of drug-likeness (QED) is 0.541. The molecule has 0 saturated carbocycles.